The molecule has 1 radical (unpaired) electrons. The van der Waals surface area contributed by atoms with Gasteiger partial charge in [0.2, 0.25) is 0 Å². The largest absolute Gasteiger partial charge is 0.396 e. The molecule has 40 atom stereocenters. The van der Waals surface area contributed by atoms with Gasteiger partial charge in [-0.3, -0.25) is 0 Å². The van der Waals surface area contributed by atoms with Crippen LogP contribution >= 0.6 is 0 Å². The predicted octanol–water partition coefficient (Wildman–Crippen LogP) is 28.2. The smallest absolute Gasteiger partial charge is 0.0594 e. The summed E-state index contributed by atoms with van der Waals surface area (Å²) in [6, 6.07) is 0. The Bertz CT molecular complexity index is 3910. The standard InChI is InChI=1S/C31H53NO.3C30H50O2.Rh/c1-20(2)21-11-16-31(19-32-8)18-17-29(6)22(26(21)31)9-10-24-28(5)14-13-25(33)27(3,4)23(28)12-15-30(24,29)7;3*1-19(2)20-10-15-30(18-31)17-16-28(6)21(25(20)30)8-9-23-27(5)13-12-24(32)26(3,4)22(27)11-14-29(23,28)7;/h21-26,32-33H,1,9-19H2,2-8H3;3*20-25,31-32H,1,8-18H2,2-7H3;/t21-,22?,23?,24?,25-,26?,28-,29+,30+,31+;3*20-,21?,22?,23?,24-,25?,27-,28+,29+,30+;/m0000./s1. The molecule has 743 valence electrons. The molecule has 0 aliphatic heterocycles. The minimum atomic E-state index is -0.147. The van der Waals surface area contributed by atoms with Crippen molar-refractivity contribution < 1.29 is 55.2 Å². The quantitative estimate of drug-likeness (QED) is 0.0839. The molecule has 0 bridgehead atoms. The molecule has 0 amide bonds. The maximum atomic E-state index is 10.9. The van der Waals surface area contributed by atoms with E-state index in [0.29, 0.717) is 149 Å². The fourth-order valence-corrected chi connectivity index (χ4v) is 46.6. The van der Waals surface area contributed by atoms with Crippen LogP contribution in [-0.4, -0.2) is 93.6 Å². The minimum Gasteiger partial charge on any atom is -0.396 e. The Hall–Kier alpha value is -0.737. The molecule has 8 nitrogen and oxygen atoms in total. The fraction of sp³-hybridized carbons (Fsp3) is 0.934. The van der Waals surface area contributed by atoms with Gasteiger partial charge < -0.3 is 41.1 Å². The third kappa shape index (κ3) is 13.7. The van der Waals surface area contributed by atoms with Gasteiger partial charge in [-0.1, -0.05) is 187 Å². The van der Waals surface area contributed by atoms with Crippen molar-refractivity contribution in [3.63, 3.8) is 0 Å². The minimum absolute atomic E-state index is 0. The molecule has 20 rings (SSSR count). The van der Waals surface area contributed by atoms with Gasteiger partial charge in [0.15, 0.2) is 0 Å². The first-order chi connectivity index (χ1) is 60.0. The van der Waals surface area contributed by atoms with Gasteiger partial charge in [-0.05, 0) is 518 Å². The summed E-state index contributed by atoms with van der Waals surface area (Å²) in [5.41, 5.74) is 11.0. The Labute approximate surface area is 811 Å². The predicted molar refractivity (Wildman–Crippen MR) is 535 cm³/mol. The van der Waals surface area contributed by atoms with Crippen LogP contribution in [0.2, 0.25) is 0 Å². The Kier molecular flexibility index (Phi) is 26.5. The van der Waals surface area contributed by atoms with E-state index < -0.39 is 0 Å². The van der Waals surface area contributed by atoms with Gasteiger partial charge in [-0.2, -0.15) is 0 Å². The van der Waals surface area contributed by atoms with Crippen LogP contribution in [0.1, 0.15) is 423 Å². The molecule has 0 heterocycles. The van der Waals surface area contributed by atoms with Gasteiger partial charge >= 0.3 is 0 Å². The summed E-state index contributed by atoms with van der Waals surface area (Å²) in [5, 5.41) is 79.2. The van der Waals surface area contributed by atoms with E-state index in [4.69, 9.17) is 0 Å². The maximum Gasteiger partial charge on any atom is 0.0594 e. The first-order valence-electron chi connectivity index (χ1n) is 55.8. The number of rotatable bonds is 9. The molecule has 9 heteroatoms. The number of aliphatic hydroxyl groups excluding tert-OH is 7. The van der Waals surface area contributed by atoms with Crippen molar-refractivity contribution in [2.24, 2.45) is 227 Å². The van der Waals surface area contributed by atoms with Gasteiger partial charge in [0.1, 0.15) is 0 Å². The van der Waals surface area contributed by atoms with Crippen LogP contribution < -0.4 is 5.32 Å². The van der Waals surface area contributed by atoms with Crippen LogP contribution in [0.25, 0.3) is 0 Å². The summed E-state index contributed by atoms with van der Waals surface area (Å²) in [7, 11) is 2.17. The molecule has 20 fully saturated rings. The first kappa shape index (κ1) is 102. The molecule has 0 aromatic heterocycles. The van der Waals surface area contributed by atoms with Crippen molar-refractivity contribution in [1.82, 2.24) is 5.32 Å². The Morgan fingerprint density at radius 2 is 0.438 bits per heavy atom. The zero-order valence-electron chi connectivity index (χ0n) is 88.8. The van der Waals surface area contributed by atoms with Crippen molar-refractivity contribution in [2.45, 2.75) is 447 Å². The second kappa shape index (κ2) is 33.7. The van der Waals surface area contributed by atoms with Crippen molar-refractivity contribution in [3.8, 4) is 0 Å². The molecule has 8 N–H and O–H groups in total. The second-order valence-electron chi connectivity index (χ2n) is 58.7. The maximum absolute atomic E-state index is 10.9. The monoisotopic (exact) mass is 1890 g/mol. The van der Waals surface area contributed by atoms with Crippen LogP contribution in [0.4, 0.5) is 0 Å². The molecule has 16 unspecified atom stereocenters. The SMILES string of the molecule is C=C(C)[C@@H]1CC[C@]2(CNC)CC[C@]3(C)C(CCC4[C@@]5(C)CC[C@H](O)C(C)(C)C5CC[C@]43C)C12.C=C(C)[C@@H]1CC[C@]2(CO)CC[C@]3(C)C(CCC4[C@@]5(C)CC[C@H](O)C(C)(C)C5CC[C@]43C)C12.C=C(C)[C@@H]1CC[C@]2(CO)CC[C@]3(C)C(CCC4[C@@]5(C)CC[C@H](O)C(C)(C)C5CC[C@]43C)C12.C=C(C)[C@@H]1CC[C@]2(CO)CC[C@]3(C)C(CCC4[C@@]5(C)CC[C@H](O)C(C)(C)C5CC[C@]43C)C12.[Rh]. The second-order valence-corrected chi connectivity index (χ2v) is 58.7. The Balaban J connectivity index is 0.000000127. The summed E-state index contributed by atoms with van der Waals surface area (Å²) in [5.74, 6) is 13.8. The molecule has 0 aromatic carbocycles. The Morgan fingerprint density at radius 3 is 0.638 bits per heavy atom. The van der Waals surface area contributed by atoms with Crippen LogP contribution in [0.15, 0.2) is 48.6 Å². The van der Waals surface area contributed by atoms with E-state index >= 15 is 0 Å². The summed E-state index contributed by atoms with van der Waals surface area (Å²) in [6.07, 6.45) is 49.8. The van der Waals surface area contributed by atoms with E-state index in [0.717, 1.165) is 84.9 Å². The van der Waals surface area contributed by atoms with E-state index in [1.807, 2.05) is 0 Å². The summed E-state index contributed by atoms with van der Waals surface area (Å²) in [4.78, 5) is 0. The third-order valence-corrected chi connectivity index (χ3v) is 54.3. The summed E-state index contributed by atoms with van der Waals surface area (Å²) in [6.45, 7) is 80.1. The van der Waals surface area contributed by atoms with E-state index in [1.165, 1.54) is 260 Å². The molecule has 20 aliphatic rings. The normalized spacial score (nSPS) is 55.7. The van der Waals surface area contributed by atoms with E-state index in [9.17, 15) is 35.7 Å². The first-order valence-corrected chi connectivity index (χ1v) is 55.8. The van der Waals surface area contributed by atoms with Gasteiger partial charge in [-0.15, -0.1) is 0 Å². The van der Waals surface area contributed by atoms with Crippen molar-refractivity contribution in [1.29, 1.82) is 0 Å². The average Bonchev–Trinajstić information content (AvgIpc) is 1.38. The zero-order valence-corrected chi connectivity index (χ0v) is 90.4. The third-order valence-electron chi connectivity index (χ3n) is 54.3. The number of aliphatic hydroxyl groups is 7. The molecule has 20 aliphatic carbocycles. The Morgan fingerprint density at radius 1 is 0.238 bits per heavy atom. The average molecular weight is 1890 g/mol. The molecule has 130 heavy (non-hydrogen) atoms. The van der Waals surface area contributed by atoms with E-state index in [-0.39, 0.29) is 81.8 Å². The van der Waals surface area contributed by atoms with E-state index in [2.05, 4.69) is 205 Å². The van der Waals surface area contributed by atoms with Crippen LogP contribution in [0, 0.1) is 227 Å². The molecule has 0 spiro atoms. The number of nitrogens with one attached hydrogen (secondary N) is 1. The number of fused-ring (bicyclic) bond motifs is 28. The molecular formula is C121H203NO7Rh. The van der Waals surface area contributed by atoms with Gasteiger partial charge in [0.05, 0.1) is 24.4 Å². The van der Waals surface area contributed by atoms with Gasteiger partial charge in [0, 0.05) is 45.8 Å². The van der Waals surface area contributed by atoms with Crippen molar-refractivity contribution >= 4 is 0 Å². The summed E-state index contributed by atoms with van der Waals surface area (Å²) >= 11 is 0. The summed E-state index contributed by atoms with van der Waals surface area (Å²) < 4.78 is 0. The zero-order chi connectivity index (χ0) is 94.0. The molecular weight excluding hydrogens is 1680 g/mol. The number of hydrogen-bond donors (Lipinski definition) is 8. The van der Waals surface area contributed by atoms with E-state index in [1.54, 1.807) is 0 Å². The van der Waals surface area contributed by atoms with Crippen LogP contribution in [0.5, 0.6) is 0 Å². The van der Waals surface area contributed by atoms with Crippen molar-refractivity contribution in [2.75, 3.05) is 33.4 Å². The van der Waals surface area contributed by atoms with Crippen molar-refractivity contribution in [3.05, 3.63) is 48.6 Å². The molecule has 20 saturated carbocycles. The molecule has 0 saturated heterocycles. The molecule has 0 aromatic rings. The van der Waals surface area contributed by atoms with Crippen LogP contribution in [0.3, 0.4) is 0 Å². The van der Waals surface area contributed by atoms with Gasteiger partial charge in [-0.25, -0.2) is 0 Å². The fourth-order valence-electron chi connectivity index (χ4n) is 46.6. The topological polar surface area (TPSA) is 154 Å². The number of hydrogen-bond acceptors (Lipinski definition) is 8. The number of allylic oxidation sites excluding steroid dienone is 4. The van der Waals surface area contributed by atoms with Crippen LogP contribution in [-0.2, 0) is 19.5 Å². The van der Waals surface area contributed by atoms with Gasteiger partial charge in [0.25, 0.3) is 0 Å².